The molecule has 1 unspecified atom stereocenters. The monoisotopic (exact) mass is 392 g/mol. The first kappa shape index (κ1) is 18.5. The fourth-order valence-electron chi connectivity index (χ4n) is 2.36. The van der Waals surface area contributed by atoms with Crippen LogP contribution in [0.25, 0.3) is 0 Å². The molecule has 2 aliphatic heterocycles. The van der Waals surface area contributed by atoms with Crippen molar-refractivity contribution >= 4 is 23.6 Å². The van der Waals surface area contributed by atoms with Gasteiger partial charge >= 0.3 is 12.1 Å². The summed E-state index contributed by atoms with van der Waals surface area (Å²) in [5.74, 6) is -3.40. The second-order valence-corrected chi connectivity index (χ2v) is 6.40. The summed E-state index contributed by atoms with van der Waals surface area (Å²) in [6, 6.07) is 5.45. The molecule has 1 atom stereocenters. The number of halogens is 4. The molecule has 1 aromatic rings. The van der Waals surface area contributed by atoms with Gasteiger partial charge in [0.15, 0.2) is 0 Å². The number of benzene rings is 1. The topological polar surface area (TPSA) is 67.9 Å². The predicted molar refractivity (Wildman–Crippen MR) is 81.2 cm³/mol. The number of carbonyl (C=O) groups excluding carboxylic acids is 2. The lowest BCUT2D eigenvalue weighted by Gasteiger charge is -2.27. The van der Waals surface area contributed by atoms with Crippen LogP contribution in [0.3, 0.4) is 0 Å². The van der Waals surface area contributed by atoms with Crippen molar-refractivity contribution in [1.82, 2.24) is 10.4 Å². The third-order valence-electron chi connectivity index (χ3n) is 3.49. The highest BCUT2D eigenvalue weighted by Crippen LogP contribution is 2.42. The number of hydroxylamine groups is 2. The normalized spacial score (nSPS) is 20.1. The number of nitrogens with zero attached hydrogens (tertiary/aromatic N) is 1. The summed E-state index contributed by atoms with van der Waals surface area (Å²) in [4.78, 5) is 27.6. The number of hydrogen-bond donors (Lipinski definition) is 1. The fourth-order valence-corrected chi connectivity index (χ4v) is 3.47. The van der Waals surface area contributed by atoms with Crippen molar-refractivity contribution in [3.63, 3.8) is 0 Å². The van der Waals surface area contributed by atoms with Gasteiger partial charge in [-0.15, -0.1) is 0 Å². The molecule has 1 N–H and O–H groups in total. The molecule has 1 amide bonds. The van der Waals surface area contributed by atoms with E-state index in [4.69, 9.17) is 4.74 Å². The van der Waals surface area contributed by atoms with Crippen molar-refractivity contribution in [3.8, 4) is 0 Å². The van der Waals surface area contributed by atoms with Crippen LogP contribution in [0, 0.1) is 5.82 Å². The second kappa shape index (κ2) is 7.16. The summed E-state index contributed by atoms with van der Waals surface area (Å²) in [6.45, 7) is 0.0343. The van der Waals surface area contributed by atoms with Crippen molar-refractivity contribution in [2.45, 2.75) is 24.8 Å². The van der Waals surface area contributed by atoms with Gasteiger partial charge in [0, 0.05) is 13.0 Å². The number of thioether (sulfide) groups is 1. The summed E-state index contributed by atoms with van der Waals surface area (Å²) in [5.41, 5.74) is -0.624. The van der Waals surface area contributed by atoms with E-state index in [0.717, 1.165) is 11.8 Å². The van der Waals surface area contributed by atoms with E-state index in [9.17, 15) is 27.2 Å². The lowest BCUT2D eigenvalue weighted by Crippen LogP contribution is -2.39. The van der Waals surface area contributed by atoms with E-state index >= 15 is 0 Å². The minimum Gasteiger partial charge on any atom is -0.351 e. The number of nitrogens with one attached hydrogen (secondary N) is 1. The summed E-state index contributed by atoms with van der Waals surface area (Å²) >= 11 is 0.820. The summed E-state index contributed by atoms with van der Waals surface area (Å²) in [5, 5.41) is 3.21. The van der Waals surface area contributed by atoms with Gasteiger partial charge in [-0.05, 0) is 17.7 Å². The van der Waals surface area contributed by atoms with Crippen LogP contribution in [0.1, 0.15) is 12.0 Å². The zero-order valence-corrected chi connectivity index (χ0v) is 13.8. The van der Waals surface area contributed by atoms with E-state index in [2.05, 4.69) is 10.2 Å². The number of ether oxygens (including phenoxy) is 1. The Morgan fingerprint density at radius 3 is 2.85 bits per heavy atom. The highest BCUT2D eigenvalue weighted by molar-refractivity contribution is 8.04. The molecule has 2 heterocycles. The SMILES string of the molecule is O=C1NCCC2=C1SC(OCc1cccc(F)c1)N2OC(=O)C(F)(F)F. The van der Waals surface area contributed by atoms with Crippen LogP contribution < -0.4 is 5.32 Å². The van der Waals surface area contributed by atoms with E-state index in [1.807, 2.05) is 0 Å². The molecular weight excluding hydrogens is 380 g/mol. The van der Waals surface area contributed by atoms with Gasteiger partial charge in [-0.1, -0.05) is 23.9 Å². The fraction of sp³-hybridized carbons (Fsp3) is 0.333. The standard InChI is InChI=1S/C15H12F4N2O4S/c16-9-3-1-2-8(6-9)7-24-14-21(25-13(23)15(17,18)19)10-4-5-20-12(22)11(10)26-14/h1-3,6,14H,4-5,7H2,(H,20,22). The van der Waals surface area contributed by atoms with Gasteiger partial charge in [0.25, 0.3) is 5.91 Å². The van der Waals surface area contributed by atoms with E-state index in [0.29, 0.717) is 10.6 Å². The highest BCUT2D eigenvalue weighted by Gasteiger charge is 2.47. The van der Waals surface area contributed by atoms with Crippen LogP contribution in [0.2, 0.25) is 0 Å². The lowest BCUT2D eigenvalue weighted by atomic mass is 10.2. The molecule has 3 rings (SSSR count). The number of alkyl halides is 3. The third-order valence-corrected chi connectivity index (χ3v) is 4.67. The van der Waals surface area contributed by atoms with Crippen LogP contribution in [0.5, 0.6) is 0 Å². The number of rotatable bonds is 4. The molecular formula is C15H12F4N2O4S. The first-order valence-corrected chi connectivity index (χ1v) is 8.26. The predicted octanol–water partition coefficient (Wildman–Crippen LogP) is 2.43. The number of carbonyl (C=O) groups is 2. The van der Waals surface area contributed by atoms with Crippen molar-refractivity contribution in [3.05, 3.63) is 46.2 Å². The summed E-state index contributed by atoms with van der Waals surface area (Å²) in [6.07, 6.45) is -5.02. The van der Waals surface area contributed by atoms with Gasteiger partial charge < -0.3 is 14.9 Å². The van der Waals surface area contributed by atoms with Gasteiger partial charge in [-0.2, -0.15) is 18.2 Å². The van der Waals surface area contributed by atoms with Crippen molar-refractivity contribution in [1.29, 1.82) is 0 Å². The second-order valence-electron chi connectivity index (χ2n) is 5.35. The van der Waals surface area contributed by atoms with Gasteiger partial charge in [0.1, 0.15) is 5.82 Å². The van der Waals surface area contributed by atoms with Crippen LogP contribution in [-0.4, -0.2) is 35.2 Å². The van der Waals surface area contributed by atoms with Gasteiger partial charge in [-0.25, -0.2) is 9.18 Å². The Labute approximate surface area is 149 Å². The minimum atomic E-state index is -5.20. The van der Waals surface area contributed by atoms with E-state index in [-0.39, 0.29) is 30.2 Å². The average molecular weight is 392 g/mol. The molecule has 11 heteroatoms. The number of hydrogen-bond acceptors (Lipinski definition) is 6. The molecule has 0 saturated heterocycles. The number of amides is 1. The molecule has 0 radical (unpaired) electrons. The molecule has 26 heavy (non-hydrogen) atoms. The Balaban J connectivity index is 1.77. The quantitative estimate of drug-likeness (QED) is 0.794. The molecule has 0 aliphatic carbocycles. The van der Waals surface area contributed by atoms with Crippen LogP contribution in [0.15, 0.2) is 34.9 Å². The molecule has 0 fully saturated rings. The molecule has 0 saturated carbocycles. The lowest BCUT2D eigenvalue weighted by molar-refractivity contribution is -0.249. The molecule has 0 bridgehead atoms. The van der Waals surface area contributed by atoms with Crippen LogP contribution in [0.4, 0.5) is 17.6 Å². The molecule has 6 nitrogen and oxygen atoms in total. The molecule has 140 valence electrons. The maximum Gasteiger partial charge on any atom is 0.493 e. The largest absolute Gasteiger partial charge is 0.493 e. The Bertz CT molecular complexity index is 768. The Morgan fingerprint density at radius 1 is 1.38 bits per heavy atom. The average Bonchev–Trinajstić information content (AvgIpc) is 2.91. The zero-order chi connectivity index (χ0) is 18.9. The van der Waals surface area contributed by atoms with E-state index in [1.165, 1.54) is 18.2 Å². The van der Waals surface area contributed by atoms with Gasteiger partial charge in [0.2, 0.25) is 5.56 Å². The minimum absolute atomic E-state index is 0.121. The molecule has 0 spiro atoms. The van der Waals surface area contributed by atoms with Gasteiger partial charge in [-0.3, -0.25) is 4.79 Å². The third kappa shape index (κ3) is 3.93. The van der Waals surface area contributed by atoms with Crippen molar-refractivity contribution < 1.29 is 36.7 Å². The smallest absolute Gasteiger partial charge is 0.351 e. The maximum atomic E-state index is 13.2. The van der Waals surface area contributed by atoms with Crippen molar-refractivity contribution in [2.24, 2.45) is 0 Å². The Hall–Kier alpha value is -2.27. The first-order valence-electron chi connectivity index (χ1n) is 7.38. The van der Waals surface area contributed by atoms with Crippen molar-refractivity contribution in [2.75, 3.05) is 6.54 Å². The summed E-state index contributed by atoms with van der Waals surface area (Å²) < 4.78 is 56.3. The highest BCUT2D eigenvalue weighted by atomic mass is 32.2. The maximum absolute atomic E-state index is 13.2. The van der Waals surface area contributed by atoms with Crippen LogP contribution >= 0.6 is 11.8 Å². The van der Waals surface area contributed by atoms with Gasteiger partial charge in [0.05, 0.1) is 17.2 Å². The van der Waals surface area contributed by atoms with E-state index in [1.54, 1.807) is 6.07 Å². The molecule has 2 aliphatic rings. The summed E-state index contributed by atoms with van der Waals surface area (Å²) in [7, 11) is 0. The zero-order valence-electron chi connectivity index (χ0n) is 13.0. The first-order chi connectivity index (χ1) is 12.3. The Morgan fingerprint density at radius 2 is 2.15 bits per heavy atom. The molecule has 0 aromatic heterocycles. The molecule has 1 aromatic carbocycles. The van der Waals surface area contributed by atoms with Crippen LogP contribution in [-0.2, 0) is 25.8 Å². The van der Waals surface area contributed by atoms with E-state index < -0.39 is 29.4 Å². The Kier molecular flexibility index (Phi) is 5.10.